The van der Waals surface area contributed by atoms with Crippen molar-refractivity contribution in [1.29, 1.82) is 0 Å². The number of hydrogen-bond donors (Lipinski definition) is 2. The normalized spacial score (nSPS) is 29.2. The Morgan fingerprint density at radius 3 is 2.89 bits per heavy atom. The summed E-state index contributed by atoms with van der Waals surface area (Å²) in [7, 11) is 0. The topological polar surface area (TPSA) is 52.7 Å². The Kier molecular flexibility index (Phi) is 5.01. The fourth-order valence-corrected chi connectivity index (χ4v) is 3.31. The van der Waals surface area contributed by atoms with E-state index < -0.39 is 5.60 Å². The van der Waals surface area contributed by atoms with Gasteiger partial charge in [0.1, 0.15) is 0 Å². The molecule has 0 aromatic rings. The summed E-state index contributed by atoms with van der Waals surface area (Å²) in [6.45, 7) is 8.49. The highest BCUT2D eigenvalue weighted by Gasteiger charge is 2.30. The van der Waals surface area contributed by atoms with Crippen LogP contribution in [0, 0.1) is 0 Å². The van der Waals surface area contributed by atoms with Gasteiger partial charge in [-0.3, -0.25) is 4.90 Å². The van der Waals surface area contributed by atoms with Crippen molar-refractivity contribution in [2.75, 3.05) is 39.3 Å². The number of piperazine rings is 1. The van der Waals surface area contributed by atoms with Crippen LogP contribution in [0.1, 0.15) is 39.0 Å². The molecule has 2 rings (SSSR count). The molecular weight excluding hydrogens is 226 g/mol. The molecule has 2 atom stereocenters. The second-order valence-corrected chi connectivity index (χ2v) is 6.02. The van der Waals surface area contributed by atoms with Gasteiger partial charge in [0.2, 0.25) is 0 Å². The van der Waals surface area contributed by atoms with Crippen molar-refractivity contribution in [2.24, 2.45) is 5.73 Å². The van der Waals surface area contributed by atoms with E-state index in [1.54, 1.807) is 0 Å². The molecule has 2 fully saturated rings. The van der Waals surface area contributed by atoms with Gasteiger partial charge in [-0.2, -0.15) is 0 Å². The third kappa shape index (κ3) is 3.44. The zero-order valence-electron chi connectivity index (χ0n) is 11.8. The van der Waals surface area contributed by atoms with Crippen molar-refractivity contribution in [3.05, 3.63) is 0 Å². The van der Waals surface area contributed by atoms with Gasteiger partial charge >= 0.3 is 0 Å². The van der Waals surface area contributed by atoms with E-state index in [9.17, 15) is 5.11 Å². The Morgan fingerprint density at radius 1 is 1.33 bits per heavy atom. The lowest BCUT2D eigenvalue weighted by Gasteiger charge is -2.38. The number of fused-ring (bicyclic) bond motifs is 1. The van der Waals surface area contributed by atoms with Crippen LogP contribution in [0.25, 0.3) is 0 Å². The summed E-state index contributed by atoms with van der Waals surface area (Å²) in [6.07, 6.45) is 5.42. The van der Waals surface area contributed by atoms with E-state index in [2.05, 4.69) is 9.80 Å². The van der Waals surface area contributed by atoms with Crippen molar-refractivity contribution in [1.82, 2.24) is 9.80 Å². The predicted octanol–water partition coefficient (Wildman–Crippen LogP) is 0.646. The minimum Gasteiger partial charge on any atom is -0.389 e. The van der Waals surface area contributed by atoms with Crippen LogP contribution in [-0.4, -0.2) is 65.8 Å². The molecule has 0 radical (unpaired) electrons. The summed E-state index contributed by atoms with van der Waals surface area (Å²) in [5, 5.41) is 10.2. The van der Waals surface area contributed by atoms with Crippen LogP contribution >= 0.6 is 0 Å². The molecule has 2 heterocycles. The molecule has 4 nitrogen and oxygen atoms in total. The molecule has 106 valence electrons. The SMILES string of the molecule is CCC(O)(CN)CCCN1CCN2CCCC2C1. The number of rotatable bonds is 6. The van der Waals surface area contributed by atoms with Gasteiger partial charge in [-0.1, -0.05) is 6.92 Å². The van der Waals surface area contributed by atoms with Crippen molar-refractivity contribution >= 4 is 0 Å². The maximum atomic E-state index is 10.2. The standard InChI is InChI=1S/C14H29N3O/c1-2-14(18,12-15)6-4-7-16-9-10-17-8-3-5-13(17)11-16/h13,18H,2-12,15H2,1H3. The van der Waals surface area contributed by atoms with Gasteiger partial charge in [0.15, 0.2) is 0 Å². The summed E-state index contributed by atoms with van der Waals surface area (Å²) < 4.78 is 0. The largest absolute Gasteiger partial charge is 0.389 e. The van der Waals surface area contributed by atoms with Gasteiger partial charge in [-0.25, -0.2) is 0 Å². The number of nitrogens with two attached hydrogens (primary N) is 1. The Bertz CT molecular complexity index is 255. The third-order valence-electron chi connectivity index (χ3n) is 4.83. The van der Waals surface area contributed by atoms with Crippen LogP contribution in [0.5, 0.6) is 0 Å². The first-order valence-corrected chi connectivity index (χ1v) is 7.56. The van der Waals surface area contributed by atoms with E-state index in [1.807, 2.05) is 6.92 Å². The average molecular weight is 255 g/mol. The van der Waals surface area contributed by atoms with Crippen LogP contribution in [0.15, 0.2) is 0 Å². The van der Waals surface area contributed by atoms with Crippen LogP contribution in [0.2, 0.25) is 0 Å². The van der Waals surface area contributed by atoms with E-state index >= 15 is 0 Å². The molecule has 2 aliphatic rings. The van der Waals surface area contributed by atoms with Crippen molar-refractivity contribution in [3.8, 4) is 0 Å². The lowest BCUT2D eigenvalue weighted by Crippen LogP contribution is -2.50. The summed E-state index contributed by atoms with van der Waals surface area (Å²) in [5.74, 6) is 0. The van der Waals surface area contributed by atoms with E-state index in [4.69, 9.17) is 5.73 Å². The molecule has 0 aromatic heterocycles. The summed E-state index contributed by atoms with van der Waals surface area (Å²) in [4.78, 5) is 5.21. The van der Waals surface area contributed by atoms with Crippen LogP contribution in [-0.2, 0) is 0 Å². The molecule has 2 aliphatic heterocycles. The Hall–Kier alpha value is -0.160. The number of aliphatic hydroxyl groups is 1. The van der Waals surface area contributed by atoms with Gasteiger partial charge in [-0.15, -0.1) is 0 Å². The highest BCUT2D eigenvalue weighted by Crippen LogP contribution is 2.22. The fourth-order valence-electron chi connectivity index (χ4n) is 3.31. The summed E-state index contributed by atoms with van der Waals surface area (Å²) in [5.41, 5.74) is 5.01. The van der Waals surface area contributed by atoms with E-state index in [0.717, 1.165) is 31.8 Å². The fraction of sp³-hybridized carbons (Fsp3) is 1.00. The minimum atomic E-state index is -0.630. The Morgan fingerprint density at radius 2 is 2.17 bits per heavy atom. The number of hydrogen-bond acceptors (Lipinski definition) is 4. The summed E-state index contributed by atoms with van der Waals surface area (Å²) in [6, 6.07) is 0.804. The van der Waals surface area contributed by atoms with E-state index in [0.29, 0.717) is 6.54 Å². The molecular formula is C14H29N3O. The highest BCUT2D eigenvalue weighted by molar-refractivity contribution is 4.87. The van der Waals surface area contributed by atoms with Crippen molar-refractivity contribution in [2.45, 2.75) is 50.7 Å². The van der Waals surface area contributed by atoms with E-state index in [-0.39, 0.29) is 0 Å². The Balaban J connectivity index is 1.68. The molecule has 0 aromatic carbocycles. The summed E-state index contributed by atoms with van der Waals surface area (Å²) >= 11 is 0. The second kappa shape index (κ2) is 6.33. The van der Waals surface area contributed by atoms with Crippen molar-refractivity contribution < 1.29 is 5.11 Å². The molecule has 0 saturated carbocycles. The van der Waals surface area contributed by atoms with Crippen LogP contribution < -0.4 is 5.73 Å². The smallest absolute Gasteiger partial charge is 0.0767 e. The molecule has 4 heteroatoms. The third-order valence-corrected chi connectivity index (χ3v) is 4.83. The second-order valence-electron chi connectivity index (χ2n) is 6.02. The molecule has 0 bridgehead atoms. The van der Waals surface area contributed by atoms with Gasteiger partial charge in [0.05, 0.1) is 5.60 Å². The van der Waals surface area contributed by atoms with Crippen LogP contribution in [0.4, 0.5) is 0 Å². The lowest BCUT2D eigenvalue weighted by atomic mass is 9.94. The zero-order valence-corrected chi connectivity index (χ0v) is 11.8. The maximum Gasteiger partial charge on any atom is 0.0767 e. The molecule has 0 aliphatic carbocycles. The average Bonchev–Trinajstić information content (AvgIpc) is 2.86. The first-order valence-electron chi connectivity index (χ1n) is 7.56. The lowest BCUT2D eigenvalue weighted by molar-refractivity contribution is 0.0282. The molecule has 2 saturated heterocycles. The van der Waals surface area contributed by atoms with Gasteiger partial charge in [-0.05, 0) is 45.2 Å². The molecule has 3 N–H and O–H groups in total. The highest BCUT2D eigenvalue weighted by atomic mass is 16.3. The molecule has 18 heavy (non-hydrogen) atoms. The molecule has 0 spiro atoms. The monoisotopic (exact) mass is 255 g/mol. The van der Waals surface area contributed by atoms with Gasteiger partial charge < -0.3 is 15.7 Å². The van der Waals surface area contributed by atoms with E-state index in [1.165, 1.54) is 39.0 Å². The predicted molar refractivity (Wildman–Crippen MR) is 74.6 cm³/mol. The van der Waals surface area contributed by atoms with Gasteiger partial charge in [0.25, 0.3) is 0 Å². The zero-order chi connectivity index (χ0) is 13.0. The molecule has 0 amide bonds. The number of nitrogens with zero attached hydrogens (tertiary/aromatic N) is 2. The minimum absolute atomic E-state index is 0.389. The quantitative estimate of drug-likeness (QED) is 0.731. The first kappa shape index (κ1) is 14.3. The Labute approximate surface area is 111 Å². The maximum absolute atomic E-state index is 10.2. The molecule has 2 unspecified atom stereocenters. The van der Waals surface area contributed by atoms with Crippen LogP contribution in [0.3, 0.4) is 0 Å². The van der Waals surface area contributed by atoms with Crippen molar-refractivity contribution in [3.63, 3.8) is 0 Å². The van der Waals surface area contributed by atoms with Gasteiger partial charge in [0, 0.05) is 32.2 Å². The first-order chi connectivity index (χ1) is 8.67.